The van der Waals surface area contributed by atoms with Gasteiger partial charge in [-0.3, -0.25) is 9.59 Å². The van der Waals surface area contributed by atoms with Gasteiger partial charge in [0.2, 0.25) is 0 Å². The number of carboxylic acid groups (broad SMARTS) is 2. The van der Waals surface area contributed by atoms with Crippen molar-refractivity contribution in [1.29, 1.82) is 0 Å². The quantitative estimate of drug-likeness (QED) is 0.408. The zero-order chi connectivity index (χ0) is 21.1. The van der Waals surface area contributed by atoms with Crippen LogP contribution >= 0.6 is 11.6 Å². The summed E-state index contributed by atoms with van der Waals surface area (Å²) in [7, 11) is 0. The highest BCUT2D eigenvalue weighted by molar-refractivity contribution is 6.32. The molecule has 0 saturated carbocycles. The number of carbonyl (C=O) groups is 3. The molecular weight excluding hydrogens is 388 g/mol. The minimum Gasteiger partial charge on any atom is -0.488 e. The number of carbonyl (C=O) groups excluding carboxylic acids is 1. The first kappa shape index (κ1) is 22.7. The van der Waals surface area contributed by atoms with E-state index in [-0.39, 0.29) is 17.7 Å². The lowest BCUT2D eigenvalue weighted by Crippen LogP contribution is -2.06. The molecule has 0 spiro atoms. The van der Waals surface area contributed by atoms with Crippen molar-refractivity contribution in [2.75, 3.05) is 6.61 Å². The van der Waals surface area contributed by atoms with Gasteiger partial charge in [0.1, 0.15) is 23.7 Å². The van der Waals surface area contributed by atoms with Crippen LogP contribution in [0.1, 0.15) is 22.8 Å². The van der Waals surface area contributed by atoms with Crippen LogP contribution in [0.3, 0.4) is 0 Å². The van der Waals surface area contributed by atoms with Gasteiger partial charge in [-0.1, -0.05) is 42.5 Å². The molecule has 0 bridgehead atoms. The zero-order valence-corrected chi connectivity index (χ0v) is 15.8. The maximum atomic E-state index is 10.6. The van der Waals surface area contributed by atoms with Gasteiger partial charge in [-0.05, 0) is 29.8 Å². The van der Waals surface area contributed by atoms with Crippen LogP contribution in [-0.4, -0.2) is 34.7 Å². The number of esters is 1. The topological polar surface area (TPSA) is 110 Å². The van der Waals surface area contributed by atoms with Crippen LogP contribution in [0.15, 0.2) is 55.1 Å². The molecule has 0 atom stereocenters. The summed E-state index contributed by atoms with van der Waals surface area (Å²) in [4.78, 5) is 31.6. The van der Waals surface area contributed by atoms with E-state index in [2.05, 4.69) is 11.3 Å². The molecule has 0 saturated heterocycles. The highest BCUT2D eigenvalue weighted by Gasteiger charge is 2.11. The zero-order valence-electron chi connectivity index (χ0n) is 15.1. The molecule has 0 unspecified atom stereocenters. The summed E-state index contributed by atoms with van der Waals surface area (Å²) in [5, 5.41) is 17.7. The Morgan fingerprint density at radius 3 is 2.32 bits per heavy atom. The SMILES string of the molecule is C=CCOc1ccc(CC(=O)O)cc1Cl.CC(=O)Oc1ccccc1C(=O)O. The molecule has 0 aliphatic heterocycles. The van der Waals surface area contributed by atoms with Crippen molar-refractivity contribution in [3.63, 3.8) is 0 Å². The first-order valence-electron chi connectivity index (χ1n) is 7.99. The summed E-state index contributed by atoms with van der Waals surface area (Å²) in [6.07, 6.45) is 1.57. The summed E-state index contributed by atoms with van der Waals surface area (Å²) in [6, 6.07) is 10.9. The van der Waals surface area contributed by atoms with Gasteiger partial charge in [-0.25, -0.2) is 4.79 Å². The molecule has 0 amide bonds. The van der Waals surface area contributed by atoms with Gasteiger partial charge in [-0.2, -0.15) is 0 Å². The van der Waals surface area contributed by atoms with Crippen molar-refractivity contribution in [2.24, 2.45) is 0 Å². The Hall–Kier alpha value is -3.32. The molecule has 2 aromatic rings. The van der Waals surface area contributed by atoms with E-state index in [9.17, 15) is 14.4 Å². The predicted molar refractivity (Wildman–Crippen MR) is 103 cm³/mol. The van der Waals surface area contributed by atoms with E-state index in [1.165, 1.54) is 19.1 Å². The van der Waals surface area contributed by atoms with Gasteiger partial charge in [0.05, 0.1) is 11.4 Å². The Bertz CT molecular complexity index is 861. The Morgan fingerprint density at radius 2 is 1.79 bits per heavy atom. The fraction of sp³-hybridized carbons (Fsp3) is 0.150. The molecule has 0 aliphatic carbocycles. The number of carboxylic acids is 2. The maximum Gasteiger partial charge on any atom is 0.339 e. The summed E-state index contributed by atoms with van der Waals surface area (Å²) in [5.74, 6) is -1.93. The maximum absolute atomic E-state index is 10.6. The van der Waals surface area contributed by atoms with Gasteiger partial charge in [0.15, 0.2) is 0 Å². The van der Waals surface area contributed by atoms with Gasteiger partial charge in [0.25, 0.3) is 0 Å². The highest BCUT2D eigenvalue weighted by Crippen LogP contribution is 2.25. The van der Waals surface area contributed by atoms with Crippen LogP contribution < -0.4 is 9.47 Å². The summed E-state index contributed by atoms with van der Waals surface area (Å²) in [6.45, 7) is 5.11. The van der Waals surface area contributed by atoms with Gasteiger partial charge < -0.3 is 19.7 Å². The Labute approximate surface area is 166 Å². The first-order chi connectivity index (χ1) is 13.2. The van der Waals surface area contributed by atoms with Crippen LogP contribution in [0, 0.1) is 0 Å². The smallest absolute Gasteiger partial charge is 0.339 e. The normalized spacial score (nSPS) is 9.50. The van der Waals surface area contributed by atoms with E-state index in [1.54, 1.807) is 36.4 Å². The standard InChI is InChI=1S/C11H11ClO3.C9H8O4/c1-2-5-15-10-4-3-8(6-9(10)12)7-11(13)14;1-6(10)13-8-5-3-2-4-7(8)9(11)12/h2-4,6H,1,5,7H2,(H,13,14);2-5H,1H3,(H,11,12). The van der Waals surface area contributed by atoms with Crippen molar-refractivity contribution >= 4 is 29.5 Å². The third kappa shape index (κ3) is 7.92. The van der Waals surface area contributed by atoms with Crippen LogP contribution in [-0.2, 0) is 16.0 Å². The molecule has 28 heavy (non-hydrogen) atoms. The molecule has 0 heterocycles. The largest absolute Gasteiger partial charge is 0.488 e. The second-order valence-corrected chi connectivity index (χ2v) is 5.74. The summed E-state index contributed by atoms with van der Waals surface area (Å²) < 4.78 is 9.94. The minimum absolute atomic E-state index is 0.0160. The molecule has 148 valence electrons. The lowest BCUT2D eigenvalue weighted by atomic mass is 10.1. The fourth-order valence-electron chi connectivity index (χ4n) is 1.98. The first-order valence-corrected chi connectivity index (χ1v) is 8.37. The second kappa shape index (κ2) is 11.4. The number of hydrogen-bond donors (Lipinski definition) is 2. The third-order valence-corrected chi connectivity index (χ3v) is 3.37. The number of ether oxygens (including phenoxy) is 2. The number of para-hydroxylation sites is 1. The van der Waals surface area contributed by atoms with Crippen molar-refractivity contribution in [1.82, 2.24) is 0 Å². The lowest BCUT2D eigenvalue weighted by molar-refractivity contribution is -0.136. The van der Waals surface area contributed by atoms with Gasteiger partial charge in [-0.15, -0.1) is 0 Å². The fourth-order valence-corrected chi connectivity index (χ4v) is 2.24. The van der Waals surface area contributed by atoms with Gasteiger partial charge in [0, 0.05) is 6.92 Å². The predicted octanol–water partition coefficient (Wildman–Crippen LogP) is 3.84. The van der Waals surface area contributed by atoms with Crippen LogP contribution in [0.4, 0.5) is 0 Å². The molecule has 2 N–H and O–H groups in total. The van der Waals surface area contributed by atoms with Crippen molar-refractivity contribution in [2.45, 2.75) is 13.3 Å². The Balaban J connectivity index is 0.000000283. The molecule has 0 fully saturated rings. The number of benzene rings is 2. The van der Waals surface area contributed by atoms with Crippen molar-refractivity contribution in [3.8, 4) is 11.5 Å². The minimum atomic E-state index is -1.11. The molecule has 8 heteroatoms. The number of aliphatic carboxylic acids is 1. The molecule has 2 rings (SSSR count). The number of aromatic carboxylic acids is 1. The number of rotatable bonds is 7. The van der Waals surface area contributed by atoms with E-state index in [4.69, 9.17) is 26.6 Å². The van der Waals surface area contributed by atoms with Crippen LogP contribution in [0.25, 0.3) is 0 Å². The number of halogens is 1. The van der Waals surface area contributed by atoms with E-state index in [0.717, 1.165) is 0 Å². The summed E-state index contributed by atoms with van der Waals surface area (Å²) >= 11 is 5.90. The average molecular weight is 407 g/mol. The van der Waals surface area contributed by atoms with E-state index < -0.39 is 17.9 Å². The Morgan fingerprint density at radius 1 is 1.11 bits per heavy atom. The van der Waals surface area contributed by atoms with Gasteiger partial charge >= 0.3 is 17.9 Å². The van der Waals surface area contributed by atoms with E-state index in [0.29, 0.717) is 22.9 Å². The molecule has 2 aromatic carbocycles. The number of hydrogen-bond acceptors (Lipinski definition) is 5. The monoisotopic (exact) mass is 406 g/mol. The molecular formula is C20H19ClO7. The van der Waals surface area contributed by atoms with E-state index in [1.807, 2.05) is 0 Å². The Kier molecular flexibility index (Phi) is 9.25. The lowest BCUT2D eigenvalue weighted by Gasteiger charge is -2.06. The highest BCUT2D eigenvalue weighted by atomic mass is 35.5. The molecule has 0 radical (unpaired) electrons. The molecule has 7 nitrogen and oxygen atoms in total. The average Bonchev–Trinajstić information content (AvgIpc) is 2.61. The third-order valence-electron chi connectivity index (χ3n) is 3.08. The van der Waals surface area contributed by atoms with Crippen LogP contribution in [0.2, 0.25) is 5.02 Å². The molecule has 0 aromatic heterocycles. The van der Waals surface area contributed by atoms with E-state index >= 15 is 0 Å². The second-order valence-electron chi connectivity index (χ2n) is 5.33. The van der Waals surface area contributed by atoms with Crippen molar-refractivity contribution < 1.29 is 34.1 Å². The van der Waals surface area contributed by atoms with Crippen molar-refractivity contribution in [3.05, 3.63) is 71.3 Å². The van der Waals surface area contributed by atoms with Crippen LogP contribution in [0.5, 0.6) is 11.5 Å². The molecule has 0 aliphatic rings. The summed E-state index contributed by atoms with van der Waals surface area (Å²) in [5.41, 5.74) is 0.635.